The van der Waals surface area contributed by atoms with Gasteiger partial charge in [0.25, 0.3) is 5.24 Å². The van der Waals surface area contributed by atoms with Gasteiger partial charge in [0, 0.05) is 4.90 Å². The highest BCUT2D eigenvalue weighted by Gasteiger charge is 2.09. The number of ether oxygens (including phenoxy) is 1. The number of anilines is 1. The number of benzene rings is 2. The van der Waals surface area contributed by atoms with Crippen molar-refractivity contribution >= 4 is 45.9 Å². The molecule has 1 N–H and O–H groups in total. The zero-order chi connectivity index (χ0) is 14.5. The van der Waals surface area contributed by atoms with Crippen LogP contribution in [0.2, 0.25) is 10.0 Å². The second kappa shape index (κ2) is 6.88. The first-order valence-electron chi connectivity index (χ1n) is 5.67. The van der Waals surface area contributed by atoms with E-state index >= 15 is 0 Å². The number of amides is 1. The fraction of sp³-hybridized carbons (Fsp3) is 0.0714. The quantitative estimate of drug-likeness (QED) is 0.774. The molecule has 0 fully saturated rings. The van der Waals surface area contributed by atoms with E-state index in [1.54, 1.807) is 37.4 Å². The van der Waals surface area contributed by atoms with E-state index < -0.39 is 0 Å². The van der Waals surface area contributed by atoms with Crippen molar-refractivity contribution in [3.8, 4) is 5.75 Å². The Balaban J connectivity index is 2.03. The molecule has 0 unspecified atom stereocenters. The van der Waals surface area contributed by atoms with Crippen molar-refractivity contribution in [2.45, 2.75) is 4.90 Å². The van der Waals surface area contributed by atoms with Gasteiger partial charge in [-0.25, -0.2) is 0 Å². The van der Waals surface area contributed by atoms with Crippen molar-refractivity contribution in [3.63, 3.8) is 0 Å². The SMILES string of the molecule is COc1ccc(SC(=O)Nc2cccc(Cl)c2Cl)cc1. The fourth-order valence-electron chi connectivity index (χ4n) is 1.49. The number of nitrogens with one attached hydrogen (secondary N) is 1. The molecule has 0 aliphatic carbocycles. The summed E-state index contributed by atoms with van der Waals surface area (Å²) in [6, 6.07) is 12.3. The van der Waals surface area contributed by atoms with Crippen molar-refractivity contribution in [1.82, 2.24) is 0 Å². The average Bonchev–Trinajstić information content (AvgIpc) is 2.45. The molecule has 0 saturated heterocycles. The average molecular weight is 328 g/mol. The number of methoxy groups -OCH3 is 1. The van der Waals surface area contributed by atoms with Crippen molar-refractivity contribution < 1.29 is 9.53 Å². The minimum atomic E-state index is -0.237. The fourth-order valence-corrected chi connectivity index (χ4v) is 2.48. The van der Waals surface area contributed by atoms with Gasteiger partial charge in [0.1, 0.15) is 5.75 Å². The van der Waals surface area contributed by atoms with Crippen LogP contribution in [0.25, 0.3) is 0 Å². The van der Waals surface area contributed by atoms with Gasteiger partial charge in [-0.05, 0) is 48.2 Å². The van der Waals surface area contributed by atoms with Crippen LogP contribution < -0.4 is 10.1 Å². The molecule has 1 amide bonds. The standard InChI is InChI=1S/C14H11Cl2NO2S/c1-19-9-5-7-10(8-6-9)20-14(18)17-12-4-2-3-11(15)13(12)16/h2-8H,1H3,(H,17,18). The predicted molar refractivity (Wildman–Crippen MR) is 84.3 cm³/mol. The molecular weight excluding hydrogens is 317 g/mol. The lowest BCUT2D eigenvalue weighted by atomic mass is 10.3. The summed E-state index contributed by atoms with van der Waals surface area (Å²) in [4.78, 5) is 12.7. The molecule has 0 saturated carbocycles. The number of rotatable bonds is 3. The Morgan fingerprint density at radius 1 is 1.15 bits per heavy atom. The number of carbonyl (C=O) groups excluding carboxylic acids is 1. The van der Waals surface area contributed by atoms with Gasteiger partial charge in [-0.15, -0.1) is 0 Å². The van der Waals surface area contributed by atoms with E-state index in [0.29, 0.717) is 15.7 Å². The molecule has 0 radical (unpaired) electrons. The van der Waals surface area contributed by atoms with E-state index in [0.717, 1.165) is 22.4 Å². The molecular formula is C14H11Cl2NO2S. The monoisotopic (exact) mass is 327 g/mol. The van der Waals surface area contributed by atoms with Crippen LogP contribution in [0.1, 0.15) is 0 Å². The van der Waals surface area contributed by atoms with E-state index in [1.807, 2.05) is 12.1 Å². The number of hydrogen-bond donors (Lipinski definition) is 1. The normalized spacial score (nSPS) is 10.2. The number of hydrogen-bond acceptors (Lipinski definition) is 3. The van der Waals surface area contributed by atoms with Crippen molar-refractivity contribution in [3.05, 3.63) is 52.5 Å². The highest BCUT2D eigenvalue weighted by Crippen LogP contribution is 2.31. The molecule has 0 spiro atoms. The molecule has 0 bridgehead atoms. The van der Waals surface area contributed by atoms with Crippen molar-refractivity contribution in [1.29, 1.82) is 0 Å². The summed E-state index contributed by atoms with van der Waals surface area (Å²) in [7, 11) is 1.59. The van der Waals surface area contributed by atoms with Crippen LogP contribution in [0.5, 0.6) is 5.75 Å². The molecule has 0 aromatic heterocycles. The Bertz CT molecular complexity index is 617. The van der Waals surface area contributed by atoms with Gasteiger partial charge < -0.3 is 10.1 Å². The second-order valence-electron chi connectivity index (χ2n) is 3.79. The number of thioether (sulfide) groups is 1. The van der Waals surface area contributed by atoms with E-state index in [1.165, 1.54) is 0 Å². The summed E-state index contributed by atoms with van der Waals surface area (Å²) >= 11 is 13.0. The Labute approximate surface area is 131 Å². The maximum Gasteiger partial charge on any atom is 0.288 e. The van der Waals surface area contributed by atoms with Gasteiger partial charge in [0.05, 0.1) is 22.8 Å². The zero-order valence-corrected chi connectivity index (χ0v) is 12.9. The molecule has 2 rings (SSSR count). The lowest BCUT2D eigenvalue weighted by Crippen LogP contribution is -2.05. The smallest absolute Gasteiger partial charge is 0.288 e. The molecule has 0 heterocycles. The molecule has 0 aliphatic rings. The maximum atomic E-state index is 11.9. The highest BCUT2D eigenvalue weighted by atomic mass is 35.5. The van der Waals surface area contributed by atoms with Crippen LogP contribution in [0.4, 0.5) is 10.5 Å². The predicted octanol–water partition coefficient (Wildman–Crippen LogP) is 5.33. The molecule has 0 aliphatic heterocycles. The first kappa shape index (κ1) is 15.0. The minimum absolute atomic E-state index is 0.237. The summed E-state index contributed by atoms with van der Waals surface area (Å²) in [6.07, 6.45) is 0. The molecule has 2 aromatic carbocycles. The van der Waals surface area contributed by atoms with Crippen LogP contribution in [0.3, 0.4) is 0 Å². The molecule has 2 aromatic rings. The van der Waals surface area contributed by atoms with Crippen LogP contribution in [-0.4, -0.2) is 12.3 Å². The Morgan fingerprint density at radius 2 is 1.85 bits per heavy atom. The molecule has 0 atom stereocenters. The minimum Gasteiger partial charge on any atom is -0.497 e. The largest absolute Gasteiger partial charge is 0.497 e. The van der Waals surface area contributed by atoms with E-state index in [4.69, 9.17) is 27.9 Å². The van der Waals surface area contributed by atoms with Gasteiger partial charge >= 0.3 is 0 Å². The second-order valence-corrected chi connectivity index (χ2v) is 5.62. The van der Waals surface area contributed by atoms with E-state index in [2.05, 4.69) is 5.32 Å². The van der Waals surface area contributed by atoms with Crippen LogP contribution in [-0.2, 0) is 0 Å². The van der Waals surface area contributed by atoms with E-state index in [-0.39, 0.29) is 5.24 Å². The van der Waals surface area contributed by atoms with Crippen molar-refractivity contribution in [2.75, 3.05) is 12.4 Å². The van der Waals surface area contributed by atoms with Crippen LogP contribution in [0, 0.1) is 0 Å². The summed E-state index contributed by atoms with van der Waals surface area (Å²) < 4.78 is 5.06. The van der Waals surface area contributed by atoms with Crippen LogP contribution >= 0.6 is 35.0 Å². The van der Waals surface area contributed by atoms with Gasteiger partial charge in [-0.1, -0.05) is 29.3 Å². The first-order valence-corrected chi connectivity index (χ1v) is 7.24. The number of carbonyl (C=O) groups is 1. The lowest BCUT2D eigenvalue weighted by molar-refractivity contribution is 0.270. The third-order valence-corrected chi connectivity index (χ3v) is 4.07. The molecule has 104 valence electrons. The Kier molecular flexibility index (Phi) is 5.17. The third-order valence-electron chi connectivity index (χ3n) is 2.46. The summed E-state index contributed by atoms with van der Waals surface area (Å²) in [5.74, 6) is 0.743. The van der Waals surface area contributed by atoms with Gasteiger partial charge in [-0.2, -0.15) is 0 Å². The van der Waals surface area contributed by atoms with E-state index in [9.17, 15) is 4.79 Å². The van der Waals surface area contributed by atoms with Gasteiger partial charge in [0.2, 0.25) is 0 Å². The highest BCUT2D eigenvalue weighted by molar-refractivity contribution is 8.13. The Morgan fingerprint density at radius 3 is 2.50 bits per heavy atom. The summed E-state index contributed by atoms with van der Waals surface area (Å²) in [5, 5.41) is 3.20. The molecule has 20 heavy (non-hydrogen) atoms. The van der Waals surface area contributed by atoms with Crippen LogP contribution in [0.15, 0.2) is 47.4 Å². The molecule has 6 heteroatoms. The third kappa shape index (κ3) is 3.82. The zero-order valence-electron chi connectivity index (χ0n) is 10.5. The van der Waals surface area contributed by atoms with Crippen molar-refractivity contribution in [2.24, 2.45) is 0 Å². The summed E-state index contributed by atoms with van der Waals surface area (Å²) in [5.41, 5.74) is 0.491. The summed E-state index contributed by atoms with van der Waals surface area (Å²) in [6.45, 7) is 0. The first-order chi connectivity index (χ1) is 9.60. The van der Waals surface area contributed by atoms with Gasteiger partial charge in [-0.3, -0.25) is 4.79 Å². The topological polar surface area (TPSA) is 38.3 Å². The molecule has 3 nitrogen and oxygen atoms in total. The maximum absolute atomic E-state index is 11.9. The number of halogens is 2. The lowest BCUT2D eigenvalue weighted by Gasteiger charge is -2.08. The van der Waals surface area contributed by atoms with Gasteiger partial charge in [0.15, 0.2) is 0 Å². The Hall–Kier alpha value is -1.36.